The van der Waals surface area contributed by atoms with Crippen molar-refractivity contribution in [2.24, 2.45) is 0 Å². The van der Waals surface area contributed by atoms with Gasteiger partial charge < -0.3 is 15.0 Å². The zero-order valence-corrected chi connectivity index (χ0v) is 16.2. The maximum absolute atomic E-state index is 13.2. The third-order valence-electron chi connectivity index (χ3n) is 4.61. The number of imidazole rings is 1. The highest BCUT2D eigenvalue weighted by Gasteiger charge is 2.16. The molecule has 8 heteroatoms. The van der Waals surface area contributed by atoms with E-state index in [-0.39, 0.29) is 11.8 Å². The first kappa shape index (κ1) is 18.8. The molecule has 29 heavy (non-hydrogen) atoms. The first-order chi connectivity index (χ1) is 14.0. The number of aromatic hydroxyl groups is 1. The number of halogens is 1. The number of nitrogens with one attached hydrogen (secondary N) is 1. The van der Waals surface area contributed by atoms with Crippen molar-refractivity contribution in [1.29, 1.82) is 0 Å². The molecule has 0 aliphatic heterocycles. The molecule has 0 saturated heterocycles. The van der Waals surface area contributed by atoms with Crippen molar-refractivity contribution in [2.75, 3.05) is 11.9 Å². The molecule has 7 nitrogen and oxygen atoms in total. The van der Waals surface area contributed by atoms with Gasteiger partial charge in [-0.15, -0.1) is 0 Å². The zero-order valence-electron chi connectivity index (χ0n) is 16.2. The molecular formula is C21H21FN6O. The van der Waals surface area contributed by atoms with Gasteiger partial charge in [-0.2, -0.15) is 4.39 Å². The lowest BCUT2D eigenvalue weighted by atomic mass is 10.1. The summed E-state index contributed by atoms with van der Waals surface area (Å²) in [4.78, 5) is 17.5. The molecule has 0 radical (unpaired) electrons. The van der Waals surface area contributed by atoms with Crippen LogP contribution in [0.2, 0.25) is 0 Å². The van der Waals surface area contributed by atoms with Gasteiger partial charge >= 0.3 is 0 Å². The Labute approximate surface area is 167 Å². The van der Waals surface area contributed by atoms with E-state index in [1.165, 1.54) is 12.3 Å². The minimum absolute atomic E-state index is 0.180. The van der Waals surface area contributed by atoms with Gasteiger partial charge in [-0.05, 0) is 50.1 Å². The van der Waals surface area contributed by atoms with Crippen molar-refractivity contribution < 1.29 is 9.50 Å². The number of anilines is 1. The van der Waals surface area contributed by atoms with Gasteiger partial charge in [0.15, 0.2) is 17.3 Å². The molecule has 3 heterocycles. The van der Waals surface area contributed by atoms with Gasteiger partial charge in [0.1, 0.15) is 11.3 Å². The second-order valence-electron chi connectivity index (χ2n) is 7.03. The Balaban J connectivity index is 1.67. The van der Waals surface area contributed by atoms with Crippen LogP contribution in [-0.4, -0.2) is 36.2 Å². The van der Waals surface area contributed by atoms with Crippen LogP contribution >= 0.6 is 0 Å². The number of benzene rings is 1. The van der Waals surface area contributed by atoms with Gasteiger partial charge in [0.05, 0.1) is 6.33 Å². The summed E-state index contributed by atoms with van der Waals surface area (Å²) in [5.74, 6) is 0.775. The molecule has 0 atom stereocenters. The molecule has 148 valence electrons. The van der Waals surface area contributed by atoms with E-state index < -0.39 is 5.95 Å². The van der Waals surface area contributed by atoms with Gasteiger partial charge in [-0.25, -0.2) is 19.9 Å². The molecule has 3 aromatic heterocycles. The molecule has 0 aliphatic carbocycles. The van der Waals surface area contributed by atoms with Crippen LogP contribution in [0.5, 0.6) is 5.75 Å². The van der Waals surface area contributed by atoms with Gasteiger partial charge in [0.2, 0.25) is 5.95 Å². The van der Waals surface area contributed by atoms with E-state index in [0.717, 1.165) is 12.0 Å². The average molecular weight is 392 g/mol. The summed E-state index contributed by atoms with van der Waals surface area (Å²) in [7, 11) is 0. The fourth-order valence-electron chi connectivity index (χ4n) is 3.04. The highest BCUT2D eigenvalue weighted by Crippen LogP contribution is 2.25. The molecule has 2 N–H and O–H groups in total. The smallest absolute Gasteiger partial charge is 0.212 e. The van der Waals surface area contributed by atoms with E-state index in [1.807, 2.05) is 16.7 Å². The van der Waals surface area contributed by atoms with Gasteiger partial charge in [0.25, 0.3) is 0 Å². The SMILES string of the molecule is CC(C)n1cnc2c(NCCc3ccc(O)cc3)nc(-c3ccc(F)nc3)nc21. The second-order valence-corrected chi connectivity index (χ2v) is 7.03. The largest absolute Gasteiger partial charge is 0.508 e. The Morgan fingerprint density at radius 2 is 1.86 bits per heavy atom. The number of hydrogen-bond donors (Lipinski definition) is 2. The zero-order chi connectivity index (χ0) is 20.4. The van der Waals surface area contributed by atoms with Gasteiger partial charge in [-0.1, -0.05) is 12.1 Å². The summed E-state index contributed by atoms with van der Waals surface area (Å²) in [6.45, 7) is 4.74. The van der Waals surface area contributed by atoms with Crippen LogP contribution in [0.4, 0.5) is 10.2 Å². The lowest BCUT2D eigenvalue weighted by molar-refractivity contribution is 0.475. The summed E-state index contributed by atoms with van der Waals surface area (Å²) < 4.78 is 15.2. The fourth-order valence-corrected chi connectivity index (χ4v) is 3.04. The number of phenols is 1. The number of aromatic nitrogens is 5. The second kappa shape index (κ2) is 7.83. The number of fused-ring (bicyclic) bond motifs is 1. The Hall–Kier alpha value is -3.55. The molecule has 4 aromatic rings. The lowest BCUT2D eigenvalue weighted by Gasteiger charge is -2.11. The quantitative estimate of drug-likeness (QED) is 0.483. The van der Waals surface area contributed by atoms with Gasteiger partial charge in [0, 0.05) is 24.3 Å². The molecule has 0 bridgehead atoms. The lowest BCUT2D eigenvalue weighted by Crippen LogP contribution is -2.09. The van der Waals surface area contributed by atoms with Crippen molar-refractivity contribution in [2.45, 2.75) is 26.3 Å². The Morgan fingerprint density at radius 1 is 1.07 bits per heavy atom. The van der Waals surface area contributed by atoms with E-state index >= 15 is 0 Å². The minimum atomic E-state index is -0.547. The van der Waals surface area contributed by atoms with Crippen LogP contribution in [0.1, 0.15) is 25.5 Å². The fraction of sp³-hybridized carbons (Fsp3) is 0.238. The van der Waals surface area contributed by atoms with E-state index in [4.69, 9.17) is 0 Å². The number of rotatable bonds is 6. The van der Waals surface area contributed by atoms with Crippen molar-refractivity contribution in [3.05, 3.63) is 60.4 Å². The molecule has 0 unspecified atom stereocenters. The number of hydrogen-bond acceptors (Lipinski definition) is 6. The predicted molar refractivity (Wildman–Crippen MR) is 109 cm³/mol. The van der Waals surface area contributed by atoms with Crippen molar-refractivity contribution >= 4 is 17.0 Å². The Morgan fingerprint density at radius 3 is 2.55 bits per heavy atom. The third kappa shape index (κ3) is 4.01. The third-order valence-corrected chi connectivity index (χ3v) is 4.61. The van der Waals surface area contributed by atoms with E-state index in [1.54, 1.807) is 24.5 Å². The molecule has 0 spiro atoms. The molecule has 0 aliphatic rings. The highest BCUT2D eigenvalue weighted by atomic mass is 19.1. The van der Waals surface area contributed by atoms with Crippen LogP contribution < -0.4 is 5.32 Å². The Bertz CT molecular complexity index is 1120. The standard InChI is InChI=1S/C21H21FN6O/c1-13(2)28-12-25-18-20(23-10-9-14-3-6-16(29)7-4-14)26-19(27-21(18)28)15-5-8-17(22)24-11-15/h3-8,11-13,29H,9-10H2,1-2H3,(H,23,26,27). The van der Waals surface area contributed by atoms with Crippen LogP contribution in [0, 0.1) is 5.95 Å². The number of phenolic OH excluding ortho intramolecular Hbond substituents is 1. The summed E-state index contributed by atoms with van der Waals surface area (Å²) >= 11 is 0. The first-order valence-electron chi connectivity index (χ1n) is 9.39. The molecule has 0 saturated carbocycles. The van der Waals surface area contributed by atoms with Crippen LogP contribution in [0.15, 0.2) is 48.9 Å². The summed E-state index contributed by atoms with van der Waals surface area (Å²) in [5.41, 5.74) is 3.12. The summed E-state index contributed by atoms with van der Waals surface area (Å²) in [5, 5.41) is 12.8. The highest BCUT2D eigenvalue weighted by molar-refractivity contribution is 5.85. The molecule has 0 fully saturated rings. The number of nitrogens with zero attached hydrogens (tertiary/aromatic N) is 5. The predicted octanol–water partition coefficient (Wildman–Crippen LogP) is 3.97. The maximum Gasteiger partial charge on any atom is 0.212 e. The topological polar surface area (TPSA) is 88.8 Å². The number of pyridine rings is 1. The van der Waals surface area contributed by atoms with E-state index in [0.29, 0.717) is 34.9 Å². The van der Waals surface area contributed by atoms with E-state index in [2.05, 4.69) is 39.1 Å². The van der Waals surface area contributed by atoms with E-state index in [9.17, 15) is 9.50 Å². The van der Waals surface area contributed by atoms with Gasteiger partial charge in [-0.3, -0.25) is 0 Å². The van der Waals surface area contributed by atoms with Crippen LogP contribution in [-0.2, 0) is 6.42 Å². The van der Waals surface area contributed by atoms with Crippen LogP contribution in [0.25, 0.3) is 22.6 Å². The Kier molecular flexibility index (Phi) is 5.07. The minimum Gasteiger partial charge on any atom is -0.508 e. The normalized spacial score (nSPS) is 11.3. The molecule has 4 rings (SSSR count). The maximum atomic E-state index is 13.2. The summed E-state index contributed by atoms with van der Waals surface area (Å²) in [6.07, 6.45) is 3.93. The monoisotopic (exact) mass is 392 g/mol. The molecule has 0 amide bonds. The molecular weight excluding hydrogens is 371 g/mol. The summed E-state index contributed by atoms with van der Waals surface area (Å²) in [6, 6.07) is 10.2. The van der Waals surface area contributed by atoms with Crippen molar-refractivity contribution in [1.82, 2.24) is 24.5 Å². The van der Waals surface area contributed by atoms with Crippen LogP contribution in [0.3, 0.4) is 0 Å². The van der Waals surface area contributed by atoms with Crippen molar-refractivity contribution in [3.8, 4) is 17.1 Å². The first-order valence-corrected chi connectivity index (χ1v) is 9.39. The average Bonchev–Trinajstić information content (AvgIpc) is 3.14. The molecule has 1 aromatic carbocycles. The van der Waals surface area contributed by atoms with Crippen molar-refractivity contribution in [3.63, 3.8) is 0 Å².